The number of carbonyl (C=O) groups is 2. The molecule has 0 aliphatic carbocycles. The maximum Gasteiger partial charge on any atom is 0.234 e. The quantitative estimate of drug-likeness (QED) is 0.695. The molecule has 0 saturated carbocycles. The van der Waals surface area contributed by atoms with E-state index in [4.69, 9.17) is 0 Å². The van der Waals surface area contributed by atoms with Crippen molar-refractivity contribution >= 4 is 22.7 Å². The van der Waals surface area contributed by atoms with Crippen molar-refractivity contribution in [3.8, 4) is 0 Å². The van der Waals surface area contributed by atoms with Crippen molar-refractivity contribution in [3.05, 3.63) is 41.3 Å². The van der Waals surface area contributed by atoms with Gasteiger partial charge in [-0.25, -0.2) is 4.39 Å². The van der Waals surface area contributed by atoms with Crippen LogP contribution in [0.25, 0.3) is 10.9 Å². The molecular weight excluding hydrogens is 409 g/mol. The van der Waals surface area contributed by atoms with Crippen LogP contribution in [0.3, 0.4) is 0 Å². The number of halogens is 1. The Hall–Kier alpha value is -2.38. The van der Waals surface area contributed by atoms with Gasteiger partial charge in [0.15, 0.2) is 0 Å². The van der Waals surface area contributed by atoms with Crippen LogP contribution in [-0.2, 0) is 15.2 Å². The number of imide groups is 1. The summed E-state index contributed by atoms with van der Waals surface area (Å²) in [7, 11) is 0. The summed E-state index contributed by atoms with van der Waals surface area (Å²) in [5.74, 6) is -1.20. The van der Waals surface area contributed by atoms with Crippen molar-refractivity contribution in [1.82, 2.24) is 15.2 Å². The van der Waals surface area contributed by atoms with Gasteiger partial charge in [-0.2, -0.15) is 0 Å². The lowest BCUT2D eigenvalue weighted by atomic mass is 9.74. The molecule has 32 heavy (non-hydrogen) atoms. The summed E-state index contributed by atoms with van der Waals surface area (Å²) in [5.41, 5.74) is 0.134. The Morgan fingerprint density at radius 1 is 1.34 bits per heavy atom. The van der Waals surface area contributed by atoms with Gasteiger partial charge in [0.05, 0.1) is 17.0 Å². The summed E-state index contributed by atoms with van der Waals surface area (Å²) in [6, 6.07) is 5.06. The van der Waals surface area contributed by atoms with Gasteiger partial charge in [0.25, 0.3) is 0 Å². The zero-order valence-corrected chi connectivity index (χ0v) is 19.0. The highest BCUT2D eigenvalue weighted by molar-refractivity contribution is 6.01. The van der Waals surface area contributed by atoms with E-state index >= 15 is 4.39 Å². The van der Waals surface area contributed by atoms with Crippen molar-refractivity contribution < 1.29 is 19.1 Å². The molecule has 2 amide bonds. The molecule has 7 heteroatoms. The largest absolute Gasteiger partial charge is 0.385 e. The second-order valence-corrected chi connectivity index (χ2v) is 9.70. The molecule has 2 N–H and O–H groups in total. The molecule has 3 heterocycles. The van der Waals surface area contributed by atoms with Gasteiger partial charge in [0, 0.05) is 49.1 Å². The summed E-state index contributed by atoms with van der Waals surface area (Å²) in [5, 5.41) is 14.3. The van der Waals surface area contributed by atoms with E-state index in [1.54, 1.807) is 24.4 Å². The van der Waals surface area contributed by atoms with Crippen molar-refractivity contribution in [2.75, 3.05) is 19.6 Å². The topological polar surface area (TPSA) is 82.5 Å². The zero-order chi connectivity index (χ0) is 23.0. The number of aromatic nitrogens is 1. The van der Waals surface area contributed by atoms with Crippen LogP contribution < -0.4 is 5.32 Å². The number of pyridine rings is 1. The Labute approximate surface area is 188 Å². The Morgan fingerprint density at radius 2 is 2.12 bits per heavy atom. The van der Waals surface area contributed by atoms with E-state index in [-0.39, 0.29) is 24.2 Å². The minimum Gasteiger partial charge on any atom is -0.385 e. The maximum absolute atomic E-state index is 15.9. The lowest BCUT2D eigenvalue weighted by Crippen LogP contribution is -2.51. The average Bonchev–Trinajstić information content (AvgIpc) is 2.75. The Kier molecular flexibility index (Phi) is 6.32. The number of carbonyl (C=O) groups excluding carboxylic acids is 2. The molecule has 3 atom stereocenters. The SMILES string of the molecule is CCC1CN(CC(C)C)CCC1(O)c1ccc2ncc(C3CCC(=O)NC3=O)cc2c1F. The van der Waals surface area contributed by atoms with Gasteiger partial charge in [-0.3, -0.25) is 19.9 Å². The fourth-order valence-corrected chi connectivity index (χ4v) is 5.31. The molecule has 0 spiro atoms. The molecule has 2 saturated heterocycles. The highest BCUT2D eigenvalue weighted by Gasteiger charge is 2.43. The Bertz CT molecular complexity index is 1040. The summed E-state index contributed by atoms with van der Waals surface area (Å²) in [4.78, 5) is 30.5. The molecule has 2 aliphatic heterocycles. The molecule has 6 nitrogen and oxygen atoms in total. The summed E-state index contributed by atoms with van der Waals surface area (Å²) in [6.07, 6.45) is 3.43. The highest BCUT2D eigenvalue weighted by Crippen LogP contribution is 2.42. The number of amides is 2. The minimum absolute atomic E-state index is 0.0757. The molecule has 0 bridgehead atoms. The first-order valence-electron chi connectivity index (χ1n) is 11.6. The van der Waals surface area contributed by atoms with E-state index < -0.39 is 17.3 Å². The number of hydrogen-bond acceptors (Lipinski definition) is 5. The fourth-order valence-electron chi connectivity index (χ4n) is 5.31. The van der Waals surface area contributed by atoms with Gasteiger partial charge < -0.3 is 10.0 Å². The molecule has 1 aromatic heterocycles. The van der Waals surface area contributed by atoms with Gasteiger partial charge in [0.1, 0.15) is 5.82 Å². The van der Waals surface area contributed by atoms with E-state index in [2.05, 4.69) is 29.0 Å². The van der Waals surface area contributed by atoms with Gasteiger partial charge in [0.2, 0.25) is 11.8 Å². The molecule has 2 aromatic rings. The van der Waals surface area contributed by atoms with E-state index in [1.165, 1.54) is 0 Å². The highest BCUT2D eigenvalue weighted by atomic mass is 19.1. The molecule has 2 aliphatic rings. The van der Waals surface area contributed by atoms with Crippen molar-refractivity contribution in [3.63, 3.8) is 0 Å². The maximum atomic E-state index is 15.9. The molecule has 0 radical (unpaired) electrons. The number of likely N-dealkylation sites (tertiary alicyclic amines) is 1. The monoisotopic (exact) mass is 441 g/mol. The van der Waals surface area contributed by atoms with Crippen molar-refractivity contribution in [2.45, 2.75) is 58.0 Å². The van der Waals surface area contributed by atoms with Crippen LogP contribution in [0.5, 0.6) is 0 Å². The molecule has 1 aromatic carbocycles. The first-order valence-corrected chi connectivity index (χ1v) is 11.6. The first-order chi connectivity index (χ1) is 15.2. The standard InChI is InChI=1S/C25H32FN3O3/c1-4-17-14-29(13-15(2)3)10-9-25(17,32)20-6-7-21-19(23(20)26)11-16(12-27-21)18-5-8-22(30)28-24(18)31/h6-7,11-12,15,17-18,32H,4-5,8-10,13-14H2,1-3H3,(H,28,30,31). The number of nitrogens with one attached hydrogen (secondary N) is 1. The molecule has 172 valence electrons. The van der Waals surface area contributed by atoms with Crippen LogP contribution >= 0.6 is 0 Å². The smallest absolute Gasteiger partial charge is 0.234 e. The van der Waals surface area contributed by atoms with Crippen molar-refractivity contribution in [2.24, 2.45) is 11.8 Å². The third kappa shape index (κ3) is 4.16. The number of benzene rings is 1. The molecular formula is C25H32FN3O3. The predicted octanol–water partition coefficient (Wildman–Crippen LogP) is 3.47. The van der Waals surface area contributed by atoms with Gasteiger partial charge in [-0.15, -0.1) is 0 Å². The number of rotatable bonds is 5. The van der Waals surface area contributed by atoms with Gasteiger partial charge in [-0.05, 0) is 42.9 Å². The van der Waals surface area contributed by atoms with E-state index in [0.717, 1.165) is 26.1 Å². The number of fused-ring (bicyclic) bond motifs is 1. The molecule has 4 rings (SSSR count). The number of nitrogens with zero attached hydrogens (tertiary/aromatic N) is 2. The third-order valence-electron chi connectivity index (χ3n) is 7.01. The number of piperidine rings is 2. The van der Waals surface area contributed by atoms with E-state index in [9.17, 15) is 14.7 Å². The van der Waals surface area contributed by atoms with Gasteiger partial charge >= 0.3 is 0 Å². The molecule has 2 fully saturated rings. The second kappa shape index (κ2) is 8.87. The zero-order valence-electron chi connectivity index (χ0n) is 19.0. The Balaban J connectivity index is 1.69. The van der Waals surface area contributed by atoms with Crippen LogP contribution in [0.1, 0.15) is 63.5 Å². The van der Waals surface area contributed by atoms with Crippen LogP contribution in [0.4, 0.5) is 4.39 Å². The third-order valence-corrected chi connectivity index (χ3v) is 7.01. The number of aliphatic hydroxyl groups is 1. The second-order valence-electron chi connectivity index (χ2n) is 9.70. The van der Waals surface area contributed by atoms with Crippen LogP contribution in [0, 0.1) is 17.7 Å². The first kappa shape index (κ1) is 22.8. The van der Waals surface area contributed by atoms with E-state index in [0.29, 0.717) is 40.8 Å². The van der Waals surface area contributed by atoms with Gasteiger partial charge in [-0.1, -0.05) is 26.8 Å². The van der Waals surface area contributed by atoms with Crippen molar-refractivity contribution in [1.29, 1.82) is 0 Å². The summed E-state index contributed by atoms with van der Waals surface area (Å²) in [6.45, 7) is 8.81. The summed E-state index contributed by atoms with van der Waals surface area (Å²) < 4.78 is 15.9. The minimum atomic E-state index is -1.24. The average molecular weight is 442 g/mol. The summed E-state index contributed by atoms with van der Waals surface area (Å²) >= 11 is 0. The van der Waals surface area contributed by atoms with Crippen LogP contribution in [0.15, 0.2) is 24.4 Å². The van der Waals surface area contributed by atoms with Crippen LogP contribution in [0.2, 0.25) is 0 Å². The normalized spacial score (nSPS) is 27.2. The lowest BCUT2D eigenvalue weighted by Gasteiger charge is -2.45. The Morgan fingerprint density at radius 3 is 2.81 bits per heavy atom. The lowest BCUT2D eigenvalue weighted by molar-refractivity contribution is -0.134. The van der Waals surface area contributed by atoms with Crippen LogP contribution in [-0.4, -0.2) is 46.4 Å². The molecule has 3 unspecified atom stereocenters. The fraction of sp³-hybridized carbons (Fsp3) is 0.560. The predicted molar refractivity (Wildman–Crippen MR) is 120 cm³/mol. The van der Waals surface area contributed by atoms with E-state index in [1.807, 2.05) is 6.92 Å². The number of hydrogen-bond donors (Lipinski definition) is 2.